The van der Waals surface area contributed by atoms with Gasteiger partial charge in [-0.05, 0) is 0 Å². The molecule has 0 nitrogen and oxygen atoms in total. The van der Waals surface area contributed by atoms with Crippen molar-refractivity contribution in [2.75, 3.05) is 0 Å². The van der Waals surface area contributed by atoms with Gasteiger partial charge in [0, 0.05) is 0 Å². The molecule has 0 aromatic rings. The van der Waals surface area contributed by atoms with Gasteiger partial charge < -0.3 is 37.2 Å². The summed E-state index contributed by atoms with van der Waals surface area (Å²) in [6.45, 7) is 7.50. The van der Waals surface area contributed by atoms with Crippen LogP contribution in [0.3, 0.4) is 0 Å². The molecule has 1 atom stereocenters. The molecule has 0 saturated heterocycles. The molecule has 108 valence electrons. The van der Waals surface area contributed by atoms with E-state index < -0.39 is 8.07 Å². The monoisotopic (exact) mass is 372 g/mol. The van der Waals surface area contributed by atoms with E-state index >= 15 is 0 Å². The first kappa shape index (κ1) is 22.6. The minimum Gasteiger partial charge on any atom is -1.00 e. The number of allylic oxidation sites excluding steroid dienone is 4. The molecular formula is C14H23Cl3SiTi. The van der Waals surface area contributed by atoms with Gasteiger partial charge in [0.25, 0.3) is 0 Å². The second kappa shape index (κ2) is 9.33. The molecule has 0 saturated carbocycles. The van der Waals surface area contributed by atoms with Gasteiger partial charge in [-0.3, -0.25) is 0 Å². The van der Waals surface area contributed by atoms with Crippen LogP contribution < -0.4 is 37.2 Å². The zero-order chi connectivity index (χ0) is 11.8. The van der Waals surface area contributed by atoms with E-state index in [0.29, 0.717) is 0 Å². The maximum atomic E-state index is 2.56. The molecular weight excluding hydrogens is 350 g/mol. The van der Waals surface area contributed by atoms with Crippen LogP contribution in [-0.2, 0) is 20.4 Å². The third-order valence-corrected chi connectivity index (χ3v) is 8.59. The molecule has 2 rings (SSSR count). The molecule has 5 heteroatoms. The summed E-state index contributed by atoms with van der Waals surface area (Å²) < 4.78 is 1.67. The summed E-state index contributed by atoms with van der Waals surface area (Å²) in [6.07, 6.45) is 8.12. The van der Waals surface area contributed by atoms with Gasteiger partial charge in [-0.25, -0.2) is 0 Å². The Morgan fingerprint density at radius 2 is 1.74 bits per heavy atom. The molecule has 0 aromatic heterocycles. The summed E-state index contributed by atoms with van der Waals surface area (Å²) in [5.41, 5.74) is 3.55. The SMILES string of the molecule is CC[Si](C)(C)CC1[C]([Ti+3])=CC2=C1CCCC2.[Cl-].[Cl-].[Cl-]. The fraction of sp³-hybridized carbons (Fsp3) is 0.714. The number of hydrogen-bond acceptors (Lipinski definition) is 0. The van der Waals surface area contributed by atoms with Gasteiger partial charge in [-0.1, -0.05) is 0 Å². The van der Waals surface area contributed by atoms with Crippen LogP contribution in [0.5, 0.6) is 0 Å². The Hall–Kier alpha value is 1.28. The second-order valence-electron chi connectivity index (χ2n) is 6.13. The number of hydrogen-bond donors (Lipinski definition) is 0. The summed E-state index contributed by atoms with van der Waals surface area (Å²) >= 11 is 2.36. The molecule has 0 heterocycles. The van der Waals surface area contributed by atoms with E-state index in [0.717, 1.165) is 5.92 Å². The van der Waals surface area contributed by atoms with Crippen LogP contribution in [-0.4, -0.2) is 8.07 Å². The summed E-state index contributed by atoms with van der Waals surface area (Å²) in [7, 11) is -0.935. The largest absolute Gasteiger partial charge is 1.00 e. The first-order valence-electron chi connectivity index (χ1n) is 6.68. The Morgan fingerprint density at radius 1 is 1.16 bits per heavy atom. The van der Waals surface area contributed by atoms with Crippen molar-refractivity contribution in [2.45, 2.75) is 57.8 Å². The van der Waals surface area contributed by atoms with Gasteiger partial charge in [0.05, 0.1) is 0 Å². The average Bonchev–Trinajstić information content (AvgIpc) is 2.56. The van der Waals surface area contributed by atoms with Gasteiger partial charge in [0.15, 0.2) is 0 Å². The molecule has 19 heavy (non-hydrogen) atoms. The quantitative estimate of drug-likeness (QED) is 0.439. The van der Waals surface area contributed by atoms with Crippen molar-refractivity contribution in [3.05, 3.63) is 21.1 Å². The van der Waals surface area contributed by atoms with Gasteiger partial charge in [-0.15, -0.1) is 0 Å². The van der Waals surface area contributed by atoms with E-state index in [1.165, 1.54) is 37.8 Å². The Morgan fingerprint density at radius 3 is 2.32 bits per heavy atom. The van der Waals surface area contributed by atoms with Crippen LogP contribution >= 0.6 is 0 Å². The summed E-state index contributed by atoms with van der Waals surface area (Å²) in [5.74, 6) is 0.844. The molecule has 0 fully saturated rings. The van der Waals surface area contributed by atoms with E-state index in [9.17, 15) is 0 Å². The van der Waals surface area contributed by atoms with Crippen molar-refractivity contribution >= 4 is 8.07 Å². The Labute approximate surface area is 149 Å². The summed E-state index contributed by atoms with van der Waals surface area (Å²) in [4.78, 5) is 0. The molecule has 0 spiro atoms. The van der Waals surface area contributed by atoms with Crippen LogP contribution in [0, 0.1) is 5.92 Å². The molecule has 0 aromatic carbocycles. The fourth-order valence-electron chi connectivity index (χ4n) is 2.92. The molecule has 0 radical (unpaired) electrons. The average molecular weight is 374 g/mol. The smallest absolute Gasteiger partial charge is 1.00 e. The molecule has 0 aliphatic heterocycles. The van der Waals surface area contributed by atoms with E-state index in [4.69, 9.17) is 0 Å². The third-order valence-electron chi connectivity index (χ3n) is 4.39. The standard InChI is InChI=1S/C14H23Si.3ClH.Ti/c1-4-15(2,3)11-13-10-9-12-7-5-6-8-14(12)13;;;;/h9,13H,4-8,11H2,1-3H3;3*1H;/q;;;;+3/p-3. The zero-order valence-corrected chi connectivity index (χ0v) is 16.9. The number of halogens is 3. The van der Waals surface area contributed by atoms with Gasteiger partial charge in [0.2, 0.25) is 0 Å². The fourth-order valence-corrected chi connectivity index (χ4v) is 5.80. The van der Waals surface area contributed by atoms with E-state index in [1.54, 1.807) is 9.45 Å². The predicted octanol–water partition coefficient (Wildman–Crippen LogP) is -4.34. The van der Waals surface area contributed by atoms with Crippen LogP contribution in [0.2, 0.25) is 25.2 Å². The molecule has 0 amide bonds. The Balaban J connectivity index is 0. The number of rotatable bonds is 3. The first-order chi connectivity index (χ1) is 7.53. The van der Waals surface area contributed by atoms with E-state index in [1.807, 2.05) is 5.57 Å². The maximum absolute atomic E-state index is 2.56. The van der Waals surface area contributed by atoms with Crippen molar-refractivity contribution in [1.29, 1.82) is 0 Å². The second-order valence-corrected chi connectivity index (χ2v) is 12.5. The normalized spacial score (nSPS) is 21.7. The molecule has 2 aliphatic carbocycles. The summed E-state index contributed by atoms with van der Waals surface area (Å²) in [6, 6.07) is 2.92. The maximum Gasteiger partial charge on any atom is -1.00 e. The van der Waals surface area contributed by atoms with Crippen LogP contribution in [0.15, 0.2) is 21.1 Å². The van der Waals surface area contributed by atoms with Gasteiger partial charge >= 0.3 is 113 Å². The minimum atomic E-state index is -0.935. The van der Waals surface area contributed by atoms with Crippen molar-refractivity contribution in [1.82, 2.24) is 0 Å². The molecule has 0 bridgehead atoms. The molecule has 2 aliphatic rings. The van der Waals surface area contributed by atoms with Crippen molar-refractivity contribution in [2.24, 2.45) is 5.92 Å². The van der Waals surface area contributed by atoms with E-state index in [-0.39, 0.29) is 37.2 Å². The van der Waals surface area contributed by atoms with Crippen LogP contribution in [0.25, 0.3) is 0 Å². The topological polar surface area (TPSA) is 0 Å². The summed E-state index contributed by atoms with van der Waals surface area (Å²) in [5, 5.41) is 0. The Bertz CT molecular complexity index is 351. The van der Waals surface area contributed by atoms with Gasteiger partial charge in [0.1, 0.15) is 0 Å². The molecule has 0 N–H and O–H groups in total. The van der Waals surface area contributed by atoms with Crippen molar-refractivity contribution in [3.63, 3.8) is 0 Å². The van der Waals surface area contributed by atoms with Crippen LogP contribution in [0.1, 0.15) is 32.6 Å². The van der Waals surface area contributed by atoms with Crippen molar-refractivity contribution < 1.29 is 57.7 Å². The van der Waals surface area contributed by atoms with Crippen LogP contribution in [0.4, 0.5) is 0 Å². The van der Waals surface area contributed by atoms with E-state index in [2.05, 4.69) is 46.5 Å². The molecule has 1 unspecified atom stereocenters. The Kier molecular flexibility index (Phi) is 11.1. The third kappa shape index (κ3) is 5.53. The predicted molar refractivity (Wildman–Crippen MR) is 69.8 cm³/mol. The van der Waals surface area contributed by atoms with Crippen molar-refractivity contribution in [3.8, 4) is 0 Å². The zero-order valence-electron chi connectivity index (χ0n) is 12.0. The first-order valence-corrected chi connectivity index (χ1v) is 10.9. The van der Waals surface area contributed by atoms with Gasteiger partial charge in [-0.2, -0.15) is 0 Å². The minimum absolute atomic E-state index is 0.